The highest BCUT2D eigenvalue weighted by molar-refractivity contribution is 6.31. The largest absolute Gasteiger partial charge is 0.508 e. The fourth-order valence-electron chi connectivity index (χ4n) is 1.41. The van der Waals surface area contributed by atoms with Crippen LogP contribution in [0.5, 0.6) is 5.75 Å². The van der Waals surface area contributed by atoms with Gasteiger partial charge in [-0.15, -0.1) is 0 Å². The fraction of sp³-hybridized carbons (Fsp3) is 0.500. The van der Waals surface area contributed by atoms with E-state index < -0.39 is 0 Å². The first-order valence-electron chi connectivity index (χ1n) is 4.77. The number of aryl methyl sites for hydroxylation is 1. The van der Waals surface area contributed by atoms with Crippen molar-refractivity contribution in [1.82, 2.24) is 0 Å². The molecule has 2 heteroatoms. The Balaban J connectivity index is 3.04. The fourth-order valence-corrected chi connectivity index (χ4v) is 1.70. The number of phenols is 1. The molecular formula is C12H17ClO. The molecule has 0 bridgehead atoms. The smallest absolute Gasteiger partial charge is 0.118 e. The molecule has 1 aromatic carbocycles. The van der Waals surface area contributed by atoms with Crippen LogP contribution in [-0.2, 0) is 6.42 Å². The molecule has 1 aromatic rings. The molecule has 0 saturated carbocycles. The predicted molar refractivity (Wildman–Crippen MR) is 61.0 cm³/mol. The SMILES string of the molecule is Cc1cc(Cl)c(CC(C)(C)C)cc1O. The van der Waals surface area contributed by atoms with Gasteiger partial charge in [-0.25, -0.2) is 0 Å². The number of benzene rings is 1. The summed E-state index contributed by atoms with van der Waals surface area (Å²) in [5.74, 6) is 0.327. The van der Waals surface area contributed by atoms with E-state index in [0.717, 1.165) is 22.6 Å². The van der Waals surface area contributed by atoms with Crippen LogP contribution in [0.1, 0.15) is 31.9 Å². The molecule has 0 spiro atoms. The number of hydrogen-bond acceptors (Lipinski definition) is 1. The molecule has 78 valence electrons. The van der Waals surface area contributed by atoms with Gasteiger partial charge in [-0.3, -0.25) is 0 Å². The van der Waals surface area contributed by atoms with E-state index in [-0.39, 0.29) is 5.41 Å². The van der Waals surface area contributed by atoms with E-state index in [1.165, 1.54) is 0 Å². The standard InChI is InChI=1S/C12H17ClO/c1-8-5-10(13)9(6-11(8)14)7-12(2,3)4/h5-6,14H,7H2,1-4H3. The van der Waals surface area contributed by atoms with Gasteiger partial charge in [-0.1, -0.05) is 32.4 Å². The monoisotopic (exact) mass is 212 g/mol. The molecule has 0 saturated heterocycles. The zero-order valence-electron chi connectivity index (χ0n) is 9.19. The minimum atomic E-state index is 0.186. The molecule has 1 N–H and O–H groups in total. The van der Waals surface area contributed by atoms with Crippen molar-refractivity contribution < 1.29 is 5.11 Å². The summed E-state index contributed by atoms with van der Waals surface area (Å²) in [5.41, 5.74) is 2.03. The van der Waals surface area contributed by atoms with Gasteiger partial charge in [0.15, 0.2) is 0 Å². The molecule has 0 aliphatic heterocycles. The van der Waals surface area contributed by atoms with Gasteiger partial charge in [0, 0.05) is 5.02 Å². The molecule has 0 aliphatic carbocycles. The Morgan fingerprint density at radius 1 is 1.29 bits per heavy atom. The highest BCUT2D eigenvalue weighted by atomic mass is 35.5. The van der Waals surface area contributed by atoms with E-state index in [4.69, 9.17) is 11.6 Å². The third-order valence-electron chi connectivity index (χ3n) is 2.09. The van der Waals surface area contributed by atoms with Gasteiger partial charge in [0.1, 0.15) is 5.75 Å². The molecular weight excluding hydrogens is 196 g/mol. The number of hydrogen-bond donors (Lipinski definition) is 1. The number of halogens is 1. The molecule has 0 amide bonds. The first-order valence-corrected chi connectivity index (χ1v) is 5.15. The number of phenolic OH excluding ortho intramolecular Hbond substituents is 1. The van der Waals surface area contributed by atoms with Crippen LogP contribution in [0.4, 0.5) is 0 Å². The van der Waals surface area contributed by atoms with Crippen molar-refractivity contribution in [3.05, 3.63) is 28.3 Å². The highest BCUT2D eigenvalue weighted by Gasteiger charge is 2.14. The third kappa shape index (κ3) is 2.91. The molecule has 14 heavy (non-hydrogen) atoms. The van der Waals surface area contributed by atoms with Crippen LogP contribution in [0.2, 0.25) is 5.02 Å². The third-order valence-corrected chi connectivity index (χ3v) is 2.44. The van der Waals surface area contributed by atoms with Crippen LogP contribution < -0.4 is 0 Å². The number of rotatable bonds is 1. The Bertz CT molecular complexity index is 337. The Morgan fingerprint density at radius 2 is 1.86 bits per heavy atom. The second-order valence-electron chi connectivity index (χ2n) is 4.97. The van der Waals surface area contributed by atoms with Gasteiger partial charge < -0.3 is 5.11 Å². The van der Waals surface area contributed by atoms with Gasteiger partial charge in [-0.05, 0) is 42.0 Å². The summed E-state index contributed by atoms with van der Waals surface area (Å²) in [6.45, 7) is 8.31. The van der Waals surface area contributed by atoms with Crippen molar-refractivity contribution >= 4 is 11.6 Å². The Labute approximate surface area is 90.7 Å². The van der Waals surface area contributed by atoms with Gasteiger partial charge in [0.25, 0.3) is 0 Å². The Hall–Kier alpha value is -0.690. The highest BCUT2D eigenvalue weighted by Crippen LogP contribution is 2.30. The first-order chi connectivity index (χ1) is 6.29. The van der Waals surface area contributed by atoms with Crippen molar-refractivity contribution in [3.8, 4) is 5.75 Å². The van der Waals surface area contributed by atoms with E-state index in [9.17, 15) is 5.11 Å². The zero-order chi connectivity index (χ0) is 10.9. The zero-order valence-corrected chi connectivity index (χ0v) is 9.94. The molecule has 1 rings (SSSR count). The van der Waals surface area contributed by atoms with Crippen LogP contribution in [-0.4, -0.2) is 5.11 Å². The lowest BCUT2D eigenvalue weighted by Gasteiger charge is -2.19. The average molecular weight is 213 g/mol. The van der Waals surface area contributed by atoms with Crippen LogP contribution in [0.3, 0.4) is 0 Å². The Kier molecular flexibility index (Phi) is 3.10. The van der Waals surface area contributed by atoms with E-state index in [1.54, 1.807) is 6.07 Å². The summed E-state index contributed by atoms with van der Waals surface area (Å²) in [6.07, 6.45) is 0.875. The van der Waals surface area contributed by atoms with Crippen molar-refractivity contribution in [2.45, 2.75) is 34.1 Å². The summed E-state index contributed by atoms with van der Waals surface area (Å²) in [7, 11) is 0. The first kappa shape index (κ1) is 11.4. The van der Waals surface area contributed by atoms with Gasteiger partial charge in [0.2, 0.25) is 0 Å². The molecule has 0 unspecified atom stereocenters. The second-order valence-corrected chi connectivity index (χ2v) is 5.37. The lowest BCUT2D eigenvalue weighted by atomic mass is 9.88. The minimum Gasteiger partial charge on any atom is -0.508 e. The molecule has 0 aromatic heterocycles. The van der Waals surface area contributed by atoms with Crippen molar-refractivity contribution in [1.29, 1.82) is 0 Å². The summed E-state index contributed by atoms with van der Waals surface area (Å²) in [5, 5.41) is 10.3. The maximum Gasteiger partial charge on any atom is 0.118 e. The summed E-state index contributed by atoms with van der Waals surface area (Å²) in [6, 6.07) is 3.58. The normalized spacial score (nSPS) is 11.8. The molecule has 0 fully saturated rings. The predicted octanol–water partition coefficient (Wildman–Crippen LogP) is 3.94. The topological polar surface area (TPSA) is 20.2 Å². The average Bonchev–Trinajstić information content (AvgIpc) is 1.97. The second kappa shape index (κ2) is 3.82. The summed E-state index contributed by atoms with van der Waals surface area (Å²) >= 11 is 6.10. The maximum atomic E-state index is 9.56. The molecule has 0 atom stereocenters. The van der Waals surface area contributed by atoms with Crippen molar-refractivity contribution in [3.63, 3.8) is 0 Å². The maximum absolute atomic E-state index is 9.56. The molecule has 0 heterocycles. The van der Waals surface area contributed by atoms with E-state index in [1.807, 2.05) is 13.0 Å². The number of aromatic hydroxyl groups is 1. The quantitative estimate of drug-likeness (QED) is 0.748. The Morgan fingerprint density at radius 3 is 2.36 bits per heavy atom. The molecule has 1 nitrogen and oxygen atoms in total. The van der Waals surface area contributed by atoms with E-state index >= 15 is 0 Å². The van der Waals surface area contributed by atoms with Crippen molar-refractivity contribution in [2.24, 2.45) is 5.41 Å². The van der Waals surface area contributed by atoms with Gasteiger partial charge in [-0.2, -0.15) is 0 Å². The summed E-state index contributed by atoms with van der Waals surface area (Å²) < 4.78 is 0. The van der Waals surface area contributed by atoms with Gasteiger partial charge >= 0.3 is 0 Å². The van der Waals surface area contributed by atoms with Crippen LogP contribution in [0, 0.1) is 12.3 Å². The molecule has 0 radical (unpaired) electrons. The summed E-state index contributed by atoms with van der Waals surface area (Å²) in [4.78, 5) is 0. The van der Waals surface area contributed by atoms with Crippen molar-refractivity contribution in [2.75, 3.05) is 0 Å². The van der Waals surface area contributed by atoms with Gasteiger partial charge in [0.05, 0.1) is 0 Å². The molecule has 0 aliphatic rings. The van der Waals surface area contributed by atoms with Crippen LogP contribution in [0.25, 0.3) is 0 Å². The van der Waals surface area contributed by atoms with E-state index in [0.29, 0.717) is 5.75 Å². The van der Waals surface area contributed by atoms with Crippen LogP contribution in [0.15, 0.2) is 12.1 Å². The lowest BCUT2D eigenvalue weighted by Crippen LogP contribution is -2.09. The van der Waals surface area contributed by atoms with E-state index in [2.05, 4.69) is 20.8 Å². The van der Waals surface area contributed by atoms with Crippen LogP contribution >= 0.6 is 11.6 Å². The minimum absolute atomic E-state index is 0.186. The lowest BCUT2D eigenvalue weighted by molar-refractivity contribution is 0.409.